The first-order chi connectivity index (χ1) is 9.69. The molecule has 2 aliphatic heterocycles. The van der Waals surface area contributed by atoms with Crippen molar-refractivity contribution in [2.45, 2.75) is 38.3 Å². The Morgan fingerprint density at radius 1 is 1.60 bits per heavy atom. The van der Waals surface area contributed by atoms with Gasteiger partial charge in [-0.1, -0.05) is 0 Å². The molecular weight excluding hydrogens is 274 g/mol. The van der Waals surface area contributed by atoms with Crippen LogP contribution in [0.3, 0.4) is 0 Å². The Hall–Kier alpha value is -1.58. The maximum atomic E-state index is 12.3. The standard InChI is InChI=1S/C14H17N3O2S/c15-7-11-10-3-4-17(8-12(10)20-14(11)16)13(18)6-9-2-1-5-19-9/h9H,1-6,8,16H2. The van der Waals surface area contributed by atoms with Crippen molar-refractivity contribution < 1.29 is 9.53 Å². The number of amides is 1. The van der Waals surface area contributed by atoms with Gasteiger partial charge in [-0.3, -0.25) is 4.79 Å². The van der Waals surface area contributed by atoms with Gasteiger partial charge in [0.15, 0.2) is 0 Å². The van der Waals surface area contributed by atoms with Crippen molar-refractivity contribution in [1.82, 2.24) is 4.90 Å². The van der Waals surface area contributed by atoms with Gasteiger partial charge in [0, 0.05) is 18.0 Å². The topological polar surface area (TPSA) is 79.4 Å². The summed E-state index contributed by atoms with van der Waals surface area (Å²) in [5.41, 5.74) is 7.50. The molecule has 1 atom stereocenters. The zero-order chi connectivity index (χ0) is 14.1. The van der Waals surface area contributed by atoms with Gasteiger partial charge in [0.25, 0.3) is 0 Å². The second-order valence-corrected chi connectivity index (χ2v) is 6.40. The molecule has 1 aromatic rings. The van der Waals surface area contributed by atoms with Crippen LogP contribution in [0, 0.1) is 11.3 Å². The van der Waals surface area contributed by atoms with Gasteiger partial charge in [-0.05, 0) is 24.8 Å². The normalized spacial score (nSPS) is 21.6. The molecule has 5 nitrogen and oxygen atoms in total. The number of nitrogen functional groups attached to an aromatic ring is 1. The molecule has 2 aliphatic rings. The summed E-state index contributed by atoms with van der Waals surface area (Å²) in [5.74, 6) is 0.146. The van der Waals surface area contributed by atoms with E-state index in [9.17, 15) is 4.79 Å². The molecule has 1 amide bonds. The van der Waals surface area contributed by atoms with Crippen molar-refractivity contribution in [3.63, 3.8) is 0 Å². The molecule has 1 unspecified atom stereocenters. The molecule has 3 heterocycles. The molecule has 0 spiro atoms. The predicted octanol–water partition coefficient (Wildman–Crippen LogP) is 1.66. The number of nitrogens with zero attached hydrogens (tertiary/aromatic N) is 2. The molecule has 1 fully saturated rings. The van der Waals surface area contributed by atoms with Crippen LogP contribution < -0.4 is 5.73 Å². The molecule has 0 aromatic carbocycles. The maximum Gasteiger partial charge on any atom is 0.225 e. The third kappa shape index (κ3) is 2.39. The Balaban J connectivity index is 1.69. The Labute approximate surface area is 121 Å². The lowest BCUT2D eigenvalue weighted by Gasteiger charge is -2.27. The fourth-order valence-corrected chi connectivity index (χ4v) is 3.97. The number of fused-ring (bicyclic) bond motifs is 1. The van der Waals surface area contributed by atoms with E-state index in [-0.39, 0.29) is 12.0 Å². The quantitative estimate of drug-likeness (QED) is 0.898. The number of nitrogens with two attached hydrogens (primary N) is 1. The number of carbonyl (C=O) groups is 1. The van der Waals surface area contributed by atoms with Gasteiger partial charge in [0.1, 0.15) is 11.1 Å². The number of nitriles is 1. The lowest BCUT2D eigenvalue weighted by atomic mass is 10.0. The molecule has 1 saturated heterocycles. The van der Waals surface area contributed by atoms with Gasteiger partial charge >= 0.3 is 0 Å². The minimum atomic E-state index is 0.0898. The first-order valence-corrected chi connectivity index (χ1v) is 7.70. The highest BCUT2D eigenvalue weighted by Gasteiger charge is 2.28. The fourth-order valence-electron chi connectivity index (χ4n) is 2.89. The summed E-state index contributed by atoms with van der Waals surface area (Å²) in [7, 11) is 0. The third-order valence-electron chi connectivity index (χ3n) is 3.97. The lowest BCUT2D eigenvalue weighted by molar-refractivity contribution is -0.134. The van der Waals surface area contributed by atoms with Gasteiger partial charge in [0.05, 0.1) is 24.6 Å². The summed E-state index contributed by atoms with van der Waals surface area (Å²) in [6.07, 6.45) is 3.32. The number of hydrogen-bond donors (Lipinski definition) is 1. The maximum absolute atomic E-state index is 12.3. The van der Waals surface area contributed by atoms with Gasteiger partial charge in [-0.2, -0.15) is 5.26 Å². The second-order valence-electron chi connectivity index (χ2n) is 5.26. The Kier molecular flexibility index (Phi) is 3.64. The van der Waals surface area contributed by atoms with Crippen LogP contribution in [0.15, 0.2) is 0 Å². The van der Waals surface area contributed by atoms with Crippen LogP contribution in [-0.4, -0.2) is 30.1 Å². The monoisotopic (exact) mass is 291 g/mol. The van der Waals surface area contributed by atoms with Crippen LogP contribution in [0.2, 0.25) is 0 Å². The summed E-state index contributed by atoms with van der Waals surface area (Å²) in [4.78, 5) is 15.2. The zero-order valence-electron chi connectivity index (χ0n) is 11.2. The van der Waals surface area contributed by atoms with Crippen molar-refractivity contribution in [1.29, 1.82) is 5.26 Å². The molecule has 1 aromatic heterocycles. The van der Waals surface area contributed by atoms with Crippen LogP contribution in [0.1, 0.15) is 35.3 Å². The Morgan fingerprint density at radius 3 is 3.15 bits per heavy atom. The highest BCUT2D eigenvalue weighted by molar-refractivity contribution is 7.16. The van der Waals surface area contributed by atoms with Crippen molar-refractivity contribution in [2.75, 3.05) is 18.9 Å². The van der Waals surface area contributed by atoms with Gasteiger partial charge in [0.2, 0.25) is 5.91 Å². The summed E-state index contributed by atoms with van der Waals surface area (Å²) in [6, 6.07) is 2.17. The largest absolute Gasteiger partial charge is 0.389 e. The van der Waals surface area contributed by atoms with E-state index in [1.54, 1.807) is 0 Å². The van der Waals surface area contributed by atoms with Crippen molar-refractivity contribution in [3.8, 4) is 6.07 Å². The molecule has 3 rings (SSSR count). The van der Waals surface area contributed by atoms with Crippen molar-refractivity contribution in [3.05, 3.63) is 16.0 Å². The summed E-state index contributed by atoms with van der Waals surface area (Å²) < 4.78 is 5.52. The van der Waals surface area contributed by atoms with E-state index in [2.05, 4.69) is 6.07 Å². The summed E-state index contributed by atoms with van der Waals surface area (Å²) >= 11 is 1.44. The lowest BCUT2D eigenvalue weighted by Crippen LogP contribution is -2.37. The molecule has 6 heteroatoms. The Bertz CT molecular complexity index is 570. The van der Waals surface area contributed by atoms with E-state index in [1.165, 1.54) is 11.3 Å². The minimum Gasteiger partial charge on any atom is -0.389 e. The van der Waals surface area contributed by atoms with Gasteiger partial charge < -0.3 is 15.4 Å². The fraction of sp³-hybridized carbons (Fsp3) is 0.571. The summed E-state index contributed by atoms with van der Waals surface area (Å²) in [5, 5.41) is 9.68. The summed E-state index contributed by atoms with van der Waals surface area (Å²) in [6.45, 7) is 2.02. The van der Waals surface area contributed by atoms with E-state index in [0.717, 1.165) is 36.3 Å². The first kappa shape index (κ1) is 13.4. The molecule has 0 bridgehead atoms. The molecule has 106 valence electrons. The zero-order valence-corrected chi connectivity index (χ0v) is 12.0. The van der Waals surface area contributed by atoms with E-state index in [0.29, 0.717) is 30.1 Å². The molecule has 0 saturated carbocycles. The van der Waals surface area contributed by atoms with E-state index < -0.39 is 0 Å². The van der Waals surface area contributed by atoms with Gasteiger partial charge in [-0.15, -0.1) is 11.3 Å². The second kappa shape index (κ2) is 5.43. The van der Waals surface area contributed by atoms with E-state index in [4.69, 9.17) is 15.7 Å². The smallest absolute Gasteiger partial charge is 0.225 e. The Morgan fingerprint density at radius 2 is 2.45 bits per heavy atom. The van der Waals surface area contributed by atoms with Crippen LogP contribution >= 0.6 is 11.3 Å². The first-order valence-electron chi connectivity index (χ1n) is 6.88. The van der Waals surface area contributed by atoms with Gasteiger partial charge in [-0.25, -0.2) is 0 Å². The molecule has 2 N–H and O–H groups in total. The highest BCUT2D eigenvalue weighted by Crippen LogP contribution is 2.34. The molecule has 0 radical (unpaired) electrons. The van der Waals surface area contributed by atoms with Crippen LogP contribution in [-0.2, 0) is 22.5 Å². The third-order valence-corrected chi connectivity index (χ3v) is 5.02. The van der Waals surface area contributed by atoms with Crippen LogP contribution in [0.25, 0.3) is 0 Å². The van der Waals surface area contributed by atoms with Crippen LogP contribution in [0.5, 0.6) is 0 Å². The SMILES string of the molecule is N#Cc1c(N)sc2c1CCN(C(=O)CC1CCCO1)C2. The number of anilines is 1. The van der Waals surface area contributed by atoms with E-state index in [1.807, 2.05) is 4.90 Å². The predicted molar refractivity (Wildman–Crippen MR) is 76.2 cm³/mol. The molecular formula is C14H17N3O2S. The average molecular weight is 291 g/mol. The number of thiophene rings is 1. The van der Waals surface area contributed by atoms with Crippen LogP contribution in [0.4, 0.5) is 5.00 Å². The number of carbonyl (C=O) groups excluding carboxylic acids is 1. The number of ether oxygens (including phenoxy) is 1. The molecule has 0 aliphatic carbocycles. The minimum absolute atomic E-state index is 0.0898. The number of hydrogen-bond acceptors (Lipinski definition) is 5. The average Bonchev–Trinajstić information content (AvgIpc) is 3.04. The van der Waals surface area contributed by atoms with Crippen molar-refractivity contribution in [2.24, 2.45) is 0 Å². The van der Waals surface area contributed by atoms with Crippen molar-refractivity contribution >= 4 is 22.2 Å². The molecule has 20 heavy (non-hydrogen) atoms. The van der Waals surface area contributed by atoms with E-state index >= 15 is 0 Å². The number of rotatable bonds is 2. The highest BCUT2D eigenvalue weighted by atomic mass is 32.1.